The van der Waals surface area contributed by atoms with Gasteiger partial charge in [0, 0.05) is 25.6 Å². The quantitative estimate of drug-likeness (QED) is 0.513. The average molecular weight is 519 g/mol. The van der Waals surface area contributed by atoms with E-state index in [1.807, 2.05) is 74.8 Å². The Morgan fingerprint density at radius 1 is 1.05 bits per heavy atom. The van der Waals surface area contributed by atoms with Crippen molar-refractivity contribution in [3.63, 3.8) is 0 Å². The van der Waals surface area contributed by atoms with Crippen LogP contribution in [0.3, 0.4) is 0 Å². The molecule has 1 N–H and O–H groups in total. The summed E-state index contributed by atoms with van der Waals surface area (Å²) in [7, 11) is 0. The number of piperidine rings is 1. The molecule has 0 bridgehead atoms. The molecule has 1 fully saturated rings. The minimum absolute atomic E-state index is 0.0591. The van der Waals surface area contributed by atoms with Crippen LogP contribution in [-0.2, 0) is 11.3 Å². The molecule has 3 heterocycles. The zero-order valence-electron chi connectivity index (χ0n) is 22.3. The third kappa shape index (κ3) is 5.61. The number of hydrogen-bond acceptors (Lipinski definition) is 6. The number of nitrogens with zero attached hydrogens (tertiary/aromatic N) is 3. The van der Waals surface area contributed by atoms with Crippen LogP contribution < -0.4 is 14.8 Å². The van der Waals surface area contributed by atoms with Gasteiger partial charge >= 0.3 is 6.09 Å². The molecule has 200 valence electrons. The van der Waals surface area contributed by atoms with E-state index in [9.17, 15) is 9.59 Å². The number of carbonyl (C=O) groups is 2. The Morgan fingerprint density at radius 2 is 1.76 bits per heavy atom. The van der Waals surface area contributed by atoms with E-state index in [2.05, 4.69) is 10.4 Å². The summed E-state index contributed by atoms with van der Waals surface area (Å²) in [6, 6.07) is 13.7. The summed E-state index contributed by atoms with van der Waals surface area (Å²) in [5.74, 6) is 1.26. The smallest absolute Gasteiger partial charge is 0.410 e. The molecule has 2 aliphatic rings. The van der Waals surface area contributed by atoms with Gasteiger partial charge in [-0.25, -0.2) is 9.48 Å². The number of ether oxygens (including phenoxy) is 3. The van der Waals surface area contributed by atoms with Gasteiger partial charge in [0.15, 0.2) is 11.5 Å². The zero-order chi connectivity index (χ0) is 26.9. The van der Waals surface area contributed by atoms with Gasteiger partial charge in [-0.3, -0.25) is 4.79 Å². The Morgan fingerprint density at radius 3 is 2.47 bits per heavy atom. The number of carbonyl (C=O) groups excluding carboxylic acids is 2. The molecule has 2 aromatic carbocycles. The molecule has 38 heavy (non-hydrogen) atoms. The highest BCUT2D eigenvalue weighted by molar-refractivity contribution is 5.95. The maximum atomic E-state index is 13.4. The van der Waals surface area contributed by atoms with Crippen LogP contribution in [0, 0.1) is 6.92 Å². The molecule has 0 unspecified atom stereocenters. The Bertz CT molecular complexity index is 1320. The van der Waals surface area contributed by atoms with Gasteiger partial charge in [-0.2, -0.15) is 5.10 Å². The SMILES string of the molecule is Cc1ccc(-n2ncc(C(=O)NCc3ccc4c(c3)OCO4)c2C2CCN(C(=O)OC(C)(C)C)CC2)cc1. The lowest BCUT2D eigenvalue weighted by molar-refractivity contribution is 0.0203. The largest absolute Gasteiger partial charge is 0.454 e. The maximum absolute atomic E-state index is 13.4. The first-order valence-electron chi connectivity index (χ1n) is 13.0. The second-order valence-electron chi connectivity index (χ2n) is 10.8. The van der Waals surface area contributed by atoms with Gasteiger partial charge in [0.1, 0.15) is 5.60 Å². The third-order valence-electron chi connectivity index (χ3n) is 6.75. The molecule has 0 atom stereocenters. The lowest BCUT2D eigenvalue weighted by Gasteiger charge is -2.34. The average Bonchev–Trinajstić information content (AvgIpc) is 3.54. The number of amides is 2. The molecule has 0 saturated carbocycles. The first-order chi connectivity index (χ1) is 18.2. The van der Waals surface area contributed by atoms with Crippen LogP contribution in [0.2, 0.25) is 0 Å². The molecule has 9 nitrogen and oxygen atoms in total. The third-order valence-corrected chi connectivity index (χ3v) is 6.75. The number of fused-ring (bicyclic) bond motifs is 1. The summed E-state index contributed by atoms with van der Waals surface area (Å²) in [4.78, 5) is 27.8. The fraction of sp³-hybridized carbons (Fsp3) is 0.414. The number of likely N-dealkylation sites (tertiary alicyclic amines) is 1. The Balaban J connectivity index is 1.36. The first-order valence-corrected chi connectivity index (χ1v) is 13.0. The van der Waals surface area contributed by atoms with Crippen LogP contribution in [0.1, 0.15) is 66.7 Å². The molecule has 0 aliphatic carbocycles. The van der Waals surface area contributed by atoms with E-state index in [-0.39, 0.29) is 24.7 Å². The van der Waals surface area contributed by atoms with Crippen molar-refractivity contribution in [1.82, 2.24) is 20.0 Å². The zero-order valence-corrected chi connectivity index (χ0v) is 22.3. The second-order valence-corrected chi connectivity index (χ2v) is 10.8. The van der Waals surface area contributed by atoms with E-state index in [4.69, 9.17) is 14.2 Å². The standard InChI is InChI=1S/C29H34N4O5/c1-19-5-8-22(9-6-19)33-26(21-11-13-32(14-12-21)28(35)38-29(2,3)4)23(17-31-33)27(34)30-16-20-7-10-24-25(15-20)37-18-36-24/h5-10,15,17,21H,11-14,16,18H2,1-4H3,(H,30,34). The van der Waals surface area contributed by atoms with Crippen molar-refractivity contribution in [3.8, 4) is 17.2 Å². The van der Waals surface area contributed by atoms with Crippen LogP contribution in [0.25, 0.3) is 5.69 Å². The van der Waals surface area contributed by atoms with E-state index in [1.54, 1.807) is 11.1 Å². The lowest BCUT2D eigenvalue weighted by Crippen LogP contribution is -2.41. The molecule has 3 aromatic rings. The molecule has 2 aliphatic heterocycles. The monoisotopic (exact) mass is 518 g/mol. The summed E-state index contributed by atoms with van der Waals surface area (Å²) < 4.78 is 18.3. The van der Waals surface area contributed by atoms with Crippen molar-refractivity contribution in [2.24, 2.45) is 0 Å². The van der Waals surface area contributed by atoms with Crippen molar-refractivity contribution in [3.05, 3.63) is 71.0 Å². The maximum Gasteiger partial charge on any atom is 0.410 e. The summed E-state index contributed by atoms with van der Waals surface area (Å²) in [6.45, 7) is 9.30. The Labute approximate surface area is 222 Å². The predicted octanol–water partition coefficient (Wildman–Crippen LogP) is 4.95. The highest BCUT2D eigenvalue weighted by atomic mass is 16.7. The second kappa shape index (κ2) is 10.4. The summed E-state index contributed by atoms with van der Waals surface area (Å²) in [6.07, 6.45) is 2.76. The van der Waals surface area contributed by atoms with Crippen molar-refractivity contribution in [2.75, 3.05) is 19.9 Å². The normalized spacial score (nSPS) is 15.4. The Kier molecular flexibility index (Phi) is 7.01. The van der Waals surface area contributed by atoms with Crippen LogP contribution >= 0.6 is 0 Å². The number of benzene rings is 2. The first kappa shape index (κ1) is 25.6. The van der Waals surface area contributed by atoms with E-state index in [1.165, 1.54) is 0 Å². The molecule has 0 spiro atoms. The number of nitrogens with one attached hydrogen (secondary N) is 1. The van der Waals surface area contributed by atoms with E-state index in [0.717, 1.165) is 22.5 Å². The highest BCUT2D eigenvalue weighted by Crippen LogP contribution is 2.34. The molecule has 2 amide bonds. The number of aromatic nitrogens is 2. The van der Waals surface area contributed by atoms with Crippen molar-refractivity contribution >= 4 is 12.0 Å². The van der Waals surface area contributed by atoms with Gasteiger partial charge in [0.05, 0.1) is 23.1 Å². The van der Waals surface area contributed by atoms with Gasteiger partial charge in [0.25, 0.3) is 5.91 Å². The van der Waals surface area contributed by atoms with Crippen LogP contribution in [0.5, 0.6) is 11.5 Å². The fourth-order valence-electron chi connectivity index (χ4n) is 4.81. The molecular formula is C29H34N4O5. The Hall–Kier alpha value is -4.01. The van der Waals surface area contributed by atoms with Crippen molar-refractivity contribution in [2.45, 2.75) is 58.6 Å². The summed E-state index contributed by atoms with van der Waals surface area (Å²) in [5.41, 5.74) is 3.83. The molecule has 1 aromatic heterocycles. The van der Waals surface area contributed by atoms with Crippen LogP contribution in [0.15, 0.2) is 48.7 Å². The van der Waals surface area contributed by atoms with Crippen LogP contribution in [-0.4, -0.2) is 52.2 Å². The molecular weight excluding hydrogens is 484 g/mol. The summed E-state index contributed by atoms with van der Waals surface area (Å²) >= 11 is 0. The van der Waals surface area contributed by atoms with Gasteiger partial charge < -0.3 is 24.4 Å². The predicted molar refractivity (Wildman–Crippen MR) is 142 cm³/mol. The van der Waals surface area contributed by atoms with Crippen molar-refractivity contribution < 1.29 is 23.8 Å². The number of hydrogen-bond donors (Lipinski definition) is 1. The van der Waals surface area contributed by atoms with Gasteiger partial charge in [-0.1, -0.05) is 23.8 Å². The molecule has 9 heteroatoms. The minimum atomic E-state index is -0.540. The van der Waals surface area contributed by atoms with E-state index < -0.39 is 5.60 Å². The van der Waals surface area contributed by atoms with Crippen LogP contribution in [0.4, 0.5) is 4.79 Å². The number of rotatable bonds is 5. The van der Waals surface area contributed by atoms with E-state index in [0.29, 0.717) is 49.5 Å². The molecule has 0 radical (unpaired) electrons. The highest BCUT2D eigenvalue weighted by Gasteiger charge is 2.32. The molecule has 5 rings (SSSR count). The summed E-state index contributed by atoms with van der Waals surface area (Å²) in [5, 5.41) is 7.67. The minimum Gasteiger partial charge on any atom is -0.454 e. The van der Waals surface area contributed by atoms with Gasteiger partial charge in [-0.15, -0.1) is 0 Å². The van der Waals surface area contributed by atoms with E-state index >= 15 is 0 Å². The van der Waals surface area contributed by atoms with Gasteiger partial charge in [-0.05, 0) is 70.4 Å². The molecule has 1 saturated heterocycles. The fourth-order valence-corrected chi connectivity index (χ4v) is 4.81. The van der Waals surface area contributed by atoms with Gasteiger partial charge in [0.2, 0.25) is 6.79 Å². The lowest BCUT2D eigenvalue weighted by atomic mass is 9.90. The number of aryl methyl sites for hydroxylation is 1. The van der Waals surface area contributed by atoms with Crippen molar-refractivity contribution in [1.29, 1.82) is 0 Å². The topological polar surface area (TPSA) is 94.9 Å².